The number of ether oxygens (including phenoxy) is 4. The van der Waals surface area contributed by atoms with Gasteiger partial charge in [0.2, 0.25) is 0 Å². The number of allylic oxidation sites excluding steroid dienone is 28. The Morgan fingerprint density at radius 1 is 0.274 bits per heavy atom. The van der Waals surface area contributed by atoms with Gasteiger partial charge in [-0.25, -0.2) is 9.13 Å². The predicted molar refractivity (Wildman–Crippen MR) is 436 cm³/mol. The highest BCUT2D eigenvalue weighted by atomic mass is 31.2. The summed E-state index contributed by atoms with van der Waals surface area (Å²) in [6.07, 6.45) is 92.0. The first kappa shape index (κ1) is 100. The highest BCUT2D eigenvalue weighted by Gasteiger charge is 2.30. The number of carbonyl (C=O) groups is 4. The van der Waals surface area contributed by atoms with E-state index in [0.29, 0.717) is 32.1 Å². The zero-order chi connectivity index (χ0) is 77.4. The number of phosphoric ester groups is 2. The molecule has 0 amide bonds. The van der Waals surface area contributed by atoms with E-state index in [0.717, 1.165) is 199 Å². The SMILES string of the molecule is CC/C=C\C/C=C\C/C=C\C/C=C\C/C=C\C/C=C\CCC(=O)OCC(COP(=O)(O)OCC(O)COP(=O)(O)OCC(COC(=O)CCCCCCCC/C=C\C/C=C\C/C=C\C/C=C\CC)OC(=O)CCCCCCC/C=C\CCCC)OC(=O)CCCCCCCCC/C=C\C/C=C\C/C=C\CC. The van der Waals surface area contributed by atoms with E-state index in [1.54, 1.807) is 0 Å². The molecular weight excluding hydrogens is 1380 g/mol. The van der Waals surface area contributed by atoms with Crippen LogP contribution in [0.2, 0.25) is 0 Å². The van der Waals surface area contributed by atoms with Gasteiger partial charge in [0.1, 0.15) is 19.3 Å². The molecule has 0 bridgehead atoms. The summed E-state index contributed by atoms with van der Waals surface area (Å²) in [5, 5.41) is 10.6. The number of hydrogen-bond donors (Lipinski definition) is 3. The fourth-order valence-corrected chi connectivity index (χ4v) is 11.7. The molecule has 602 valence electrons. The van der Waals surface area contributed by atoms with Crippen LogP contribution in [-0.4, -0.2) is 96.7 Å². The molecule has 0 aromatic heterocycles. The van der Waals surface area contributed by atoms with Crippen LogP contribution < -0.4 is 0 Å². The summed E-state index contributed by atoms with van der Waals surface area (Å²) in [7, 11) is -10.00. The van der Waals surface area contributed by atoms with Gasteiger partial charge in [0.05, 0.1) is 26.4 Å². The number of unbranched alkanes of at least 4 members (excludes halogenated alkanes) is 20. The maximum Gasteiger partial charge on any atom is 0.472 e. The average Bonchev–Trinajstić information content (AvgIpc) is 0.919. The standard InChI is InChI=1S/C87H142O17P2/c1-5-9-13-17-21-25-29-32-35-38-40-43-45-48-52-55-59-63-67-71-84(89)97-77-82(103-86(91)73-69-65-61-57-51-28-24-20-16-12-8-4)79-101-105(93,94)99-75-81(88)76-100-106(95,96)102-80-83(104-87(92)74-70-66-62-58-54-50-47-42-37-34-31-27-23-19-15-11-7-3)78-98-85(90)72-68-64-60-56-53-49-46-44-41-39-36-33-30-26-22-18-14-10-6-2/h9-11,13-15,20-27,32-37,40-41,43-44,49,53,60,64,81-83,88H,5-8,12,16-19,28-31,38-39,42,45-48,50-52,54-59,61-63,65-80H2,1-4H3,(H,93,94)(H,95,96)/b13-9-,14-10-,15-11-,24-20-,25-21-,26-22-,27-23-,35-32-,36-33-,37-34-,43-40-,44-41-,53-49-,64-60-. The summed E-state index contributed by atoms with van der Waals surface area (Å²) >= 11 is 0. The molecule has 0 aliphatic rings. The van der Waals surface area contributed by atoms with Crippen molar-refractivity contribution in [3.63, 3.8) is 0 Å². The maximum absolute atomic E-state index is 13.1. The fraction of sp³-hybridized carbons (Fsp3) is 0.632. The maximum atomic E-state index is 13.1. The van der Waals surface area contributed by atoms with Crippen molar-refractivity contribution in [2.45, 2.75) is 316 Å². The summed E-state index contributed by atoms with van der Waals surface area (Å²) in [5.41, 5.74) is 0. The van der Waals surface area contributed by atoms with E-state index < -0.39 is 97.5 Å². The molecule has 0 radical (unpaired) electrons. The van der Waals surface area contributed by atoms with E-state index in [-0.39, 0.29) is 25.7 Å². The summed E-state index contributed by atoms with van der Waals surface area (Å²) in [6.45, 7) is 4.37. The third kappa shape index (κ3) is 76.6. The minimum absolute atomic E-state index is 0.0283. The highest BCUT2D eigenvalue weighted by Crippen LogP contribution is 2.45. The Labute approximate surface area is 642 Å². The van der Waals surface area contributed by atoms with Gasteiger partial charge in [0, 0.05) is 25.7 Å². The van der Waals surface area contributed by atoms with Crippen molar-refractivity contribution >= 4 is 39.5 Å². The smallest absolute Gasteiger partial charge is 0.462 e. The van der Waals surface area contributed by atoms with Crippen LogP contribution in [0.1, 0.15) is 297 Å². The van der Waals surface area contributed by atoms with Gasteiger partial charge in [-0.3, -0.25) is 37.3 Å². The van der Waals surface area contributed by atoms with Crippen LogP contribution in [-0.2, 0) is 65.4 Å². The molecule has 0 saturated carbocycles. The molecule has 5 unspecified atom stereocenters. The van der Waals surface area contributed by atoms with Crippen LogP contribution in [0, 0.1) is 0 Å². The van der Waals surface area contributed by atoms with Crippen molar-refractivity contribution in [3.05, 3.63) is 170 Å². The van der Waals surface area contributed by atoms with Crippen molar-refractivity contribution in [2.75, 3.05) is 39.6 Å². The summed E-state index contributed by atoms with van der Waals surface area (Å²) < 4.78 is 68.5. The molecular formula is C87H142O17P2. The molecule has 19 heteroatoms. The molecule has 0 aliphatic heterocycles. The topological polar surface area (TPSA) is 237 Å². The van der Waals surface area contributed by atoms with Crippen molar-refractivity contribution in [2.24, 2.45) is 0 Å². The van der Waals surface area contributed by atoms with Crippen molar-refractivity contribution in [3.8, 4) is 0 Å². The molecule has 17 nitrogen and oxygen atoms in total. The number of hydrogen-bond acceptors (Lipinski definition) is 15. The summed E-state index contributed by atoms with van der Waals surface area (Å²) in [4.78, 5) is 73.0. The summed E-state index contributed by atoms with van der Waals surface area (Å²) in [6, 6.07) is 0. The Kier molecular flexibility index (Phi) is 73.5. The van der Waals surface area contributed by atoms with Gasteiger partial charge in [-0.15, -0.1) is 0 Å². The molecule has 106 heavy (non-hydrogen) atoms. The van der Waals surface area contributed by atoms with Crippen LogP contribution in [0.4, 0.5) is 0 Å². The van der Waals surface area contributed by atoms with Gasteiger partial charge in [-0.1, -0.05) is 288 Å². The lowest BCUT2D eigenvalue weighted by molar-refractivity contribution is -0.161. The van der Waals surface area contributed by atoms with Gasteiger partial charge < -0.3 is 33.8 Å². The lowest BCUT2D eigenvalue weighted by Crippen LogP contribution is -2.30. The van der Waals surface area contributed by atoms with Crippen LogP contribution in [0.5, 0.6) is 0 Å². The van der Waals surface area contributed by atoms with E-state index in [2.05, 4.69) is 180 Å². The second-order valence-electron chi connectivity index (χ2n) is 26.2. The number of phosphoric acid groups is 2. The number of carbonyl (C=O) groups excluding carboxylic acids is 4. The van der Waals surface area contributed by atoms with E-state index in [1.807, 2.05) is 18.2 Å². The van der Waals surface area contributed by atoms with Gasteiger partial charge in [0.15, 0.2) is 12.2 Å². The normalized spacial score (nSPS) is 14.7. The fourth-order valence-electron chi connectivity index (χ4n) is 10.1. The number of aliphatic hydroxyl groups is 1. The largest absolute Gasteiger partial charge is 0.472 e. The van der Waals surface area contributed by atoms with E-state index in [9.17, 15) is 43.2 Å². The molecule has 0 heterocycles. The highest BCUT2D eigenvalue weighted by molar-refractivity contribution is 7.47. The monoisotopic (exact) mass is 1520 g/mol. The van der Waals surface area contributed by atoms with Crippen molar-refractivity contribution in [1.29, 1.82) is 0 Å². The zero-order valence-corrected chi connectivity index (χ0v) is 67.6. The van der Waals surface area contributed by atoms with Gasteiger partial charge >= 0.3 is 39.5 Å². The van der Waals surface area contributed by atoms with E-state index in [4.69, 9.17) is 37.0 Å². The molecule has 0 saturated heterocycles. The van der Waals surface area contributed by atoms with Crippen LogP contribution >= 0.6 is 15.6 Å². The van der Waals surface area contributed by atoms with Crippen LogP contribution in [0.3, 0.4) is 0 Å². The Hall–Kier alpha value is -5.58. The Balaban J connectivity index is 5.42. The molecule has 0 aromatic rings. The lowest BCUT2D eigenvalue weighted by atomic mass is 10.1. The first-order valence-corrected chi connectivity index (χ1v) is 43.4. The summed E-state index contributed by atoms with van der Waals surface area (Å²) in [5.74, 6) is -2.32. The quantitative estimate of drug-likeness (QED) is 0.0169. The van der Waals surface area contributed by atoms with E-state index >= 15 is 0 Å². The van der Waals surface area contributed by atoms with Crippen molar-refractivity contribution < 1.29 is 80.2 Å². The third-order valence-corrected chi connectivity index (χ3v) is 18.1. The molecule has 3 N–H and O–H groups in total. The average molecular weight is 1520 g/mol. The van der Waals surface area contributed by atoms with Gasteiger partial charge in [-0.05, 0) is 154 Å². The Morgan fingerprint density at radius 2 is 0.509 bits per heavy atom. The number of esters is 4. The molecule has 0 aromatic carbocycles. The predicted octanol–water partition coefficient (Wildman–Crippen LogP) is 23.8. The first-order valence-electron chi connectivity index (χ1n) is 40.4. The molecule has 0 fully saturated rings. The lowest BCUT2D eigenvalue weighted by Gasteiger charge is -2.21. The second-order valence-corrected chi connectivity index (χ2v) is 29.1. The van der Waals surface area contributed by atoms with Gasteiger partial charge in [0.25, 0.3) is 0 Å². The molecule has 5 atom stereocenters. The molecule has 0 spiro atoms. The molecule has 0 aliphatic carbocycles. The second kappa shape index (κ2) is 77.6. The number of rotatable bonds is 74. The minimum Gasteiger partial charge on any atom is -0.462 e. The third-order valence-electron chi connectivity index (χ3n) is 16.2. The van der Waals surface area contributed by atoms with Crippen LogP contribution in [0.25, 0.3) is 0 Å². The Morgan fingerprint density at radius 3 is 0.821 bits per heavy atom. The number of aliphatic hydroxyl groups excluding tert-OH is 1. The Bertz CT molecular complexity index is 2680. The first-order chi connectivity index (χ1) is 51.7. The zero-order valence-electron chi connectivity index (χ0n) is 65.8. The van der Waals surface area contributed by atoms with Gasteiger partial charge in [-0.2, -0.15) is 0 Å². The molecule has 0 rings (SSSR count). The van der Waals surface area contributed by atoms with E-state index in [1.165, 1.54) is 12.8 Å². The minimum atomic E-state index is -5.01. The van der Waals surface area contributed by atoms with Crippen LogP contribution in [0.15, 0.2) is 170 Å². The van der Waals surface area contributed by atoms with Crippen molar-refractivity contribution in [1.82, 2.24) is 0 Å².